The largest absolute Gasteiger partial charge is 0.430 e. The van der Waals surface area contributed by atoms with E-state index in [0.717, 1.165) is 12.5 Å². The molecule has 1 aromatic carbocycles. The van der Waals surface area contributed by atoms with Crippen LogP contribution in [0.4, 0.5) is 26.3 Å². The zero-order valence-corrected chi connectivity index (χ0v) is 22.9. The highest BCUT2D eigenvalue weighted by Gasteiger charge is 2.72. The molecule has 1 aromatic heterocycles. The van der Waals surface area contributed by atoms with Crippen molar-refractivity contribution in [1.82, 2.24) is 15.2 Å². The van der Waals surface area contributed by atoms with Crippen LogP contribution in [-0.4, -0.2) is 69.5 Å². The van der Waals surface area contributed by atoms with Gasteiger partial charge in [0.05, 0.1) is 20.5 Å². The summed E-state index contributed by atoms with van der Waals surface area (Å²) in [6.07, 6.45) is -10.2. The molecular weight excluding hydrogens is 599 g/mol. The molecule has 3 rings (SSSR count). The molecule has 0 unspecified atom stereocenters. The summed E-state index contributed by atoms with van der Waals surface area (Å²) in [7, 11) is 1.24. The molecular formula is C23H23Cl2F6N3O4S. The molecule has 1 heterocycles. The number of nitrogens with one attached hydrogen (secondary N) is 1. The van der Waals surface area contributed by atoms with E-state index in [1.165, 1.54) is 25.8 Å². The van der Waals surface area contributed by atoms with Gasteiger partial charge in [0, 0.05) is 30.8 Å². The predicted molar refractivity (Wildman–Crippen MR) is 132 cm³/mol. The first-order chi connectivity index (χ1) is 17.7. The molecule has 0 radical (unpaired) electrons. The number of aliphatic hydroxyl groups is 2. The summed E-state index contributed by atoms with van der Waals surface area (Å²) >= 11 is 12.6. The highest BCUT2D eigenvalue weighted by atomic mass is 35.5. The van der Waals surface area contributed by atoms with E-state index in [9.17, 15) is 46.1 Å². The van der Waals surface area contributed by atoms with E-state index in [4.69, 9.17) is 23.2 Å². The molecule has 1 aliphatic rings. The number of alkyl halides is 6. The van der Waals surface area contributed by atoms with Crippen molar-refractivity contribution in [1.29, 1.82) is 0 Å². The van der Waals surface area contributed by atoms with Crippen LogP contribution in [0.25, 0.3) is 10.4 Å². The molecule has 2 amide bonds. The van der Waals surface area contributed by atoms with Crippen molar-refractivity contribution in [2.24, 2.45) is 0 Å². The normalized spacial score (nSPS) is 15.2. The Kier molecular flexibility index (Phi) is 8.61. The van der Waals surface area contributed by atoms with Crippen molar-refractivity contribution in [3.63, 3.8) is 0 Å². The van der Waals surface area contributed by atoms with Crippen LogP contribution in [0.2, 0.25) is 10.0 Å². The zero-order chi connectivity index (χ0) is 29.7. The molecule has 7 nitrogen and oxygen atoms in total. The molecule has 0 aliphatic heterocycles. The number of carbonyl (C=O) groups excluding carboxylic acids is 2. The number of hydrogen-bond acceptors (Lipinski definition) is 6. The maximum absolute atomic E-state index is 13.4. The summed E-state index contributed by atoms with van der Waals surface area (Å²) in [4.78, 5) is 31.3. The second kappa shape index (κ2) is 10.7. The molecule has 1 fully saturated rings. The van der Waals surface area contributed by atoms with E-state index in [1.807, 2.05) is 0 Å². The fourth-order valence-electron chi connectivity index (χ4n) is 3.94. The lowest BCUT2D eigenvalue weighted by Gasteiger charge is -2.40. The molecule has 1 aliphatic carbocycles. The molecule has 0 atom stereocenters. The highest BCUT2D eigenvalue weighted by molar-refractivity contribution is 7.17. The second-order valence-corrected chi connectivity index (χ2v) is 11.4. The van der Waals surface area contributed by atoms with Crippen molar-refractivity contribution < 1.29 is 46.1 Å². The fraction of sp³-hybridized carbons (Fsp3) is 0.522. The van der Waals surface area contributed by atoms with Crippen molar-refractivity contribution >= 4 is 46.4 Å². The first-order valence-corrected chi connectivity index (χ1v) is 12.9. The Balaban J connectivity index is 2.17. The van der Waals surface area contributed by atoms with Gasteiger partial charge in [0.2, 0.25) is 0 Å². The minimum Gasteiger partial charge on any atom is -0.389 e. The van der Waals surface area contributed by atoms with Crippen LogP contribution < -0.4 is 5.32 Å². The SMILES string of the molecule is CNC(=O)c1nc(C(=O)N(CC(C)(C)O)C2CCC2)sc1-c1ccc(C(O)(C(F)(F)F)C(F)(F)F)c(Cl)c1Cl. The topological polar surface area (TPSA) is 103 Å². The monoisotopic (exact) mass is 621 g/mol. The lowest BCUT2D eigenvalue weighted by molar-refractivity contribution is -0.376. The molecule has 1 saturated carbocycles. The molecule has 216 valence electrons. The van der Waals surface area contributed by atoms with Gasteiger partial charge in [-0.1, -0.05) is 35.3 Å². The number of aromatic nitrogens is 1. The molecule has 3 N–H and O–H groups in total. The molecule has 39 heavy (non-hydrogen) atoms. The summed E-state index contributed by atoms with van der Waals surface area (Å²) in [5.41, 5.74) is -9.03. The van der Waals surface area contributed by atoms with Gasteiger partial charge in [-0.2, -0.15) is 26.3 Å². The van der Waals surface area contributed by atoms with Gasteiger partial charge in [0.25, 0.3) is 17.4 Å². The third kappa shape index (κ3) is 5.85. The predicted octanol–water partition coefficient (Wildman–Crippen LogP) is 5.55. The third-order valence-corrected chi connectivity index (χ3v) is 8.08. The Labute approximate surface area is 232 Å². The van der Waals surface area contributed by atoms with E-state index < -0.39 is 51.0 Å². The summed E-state index contributed by atoms with van der Waals surface area (Å²) in [6.45, 7) is 2.94. The number of thiazole rings is 1. The number of benzene rings is 1. The first-order valence-electron chi connectivity index (χ1n) is 11.4. The van der Waals surface area contributed by atoms with E-state index in [1.54, 1.807) is 0 Å². The Hall–Kier alpha value is -2.13. The minimum atomic E-state index is -6.21. The van der Waals surface area contributed by atoms with Gasteiger partial charge in [-0.15, -0.1) is 11.3 Å². The molecule has 16 heteroatoms. The standard InChI is InChI=1S/C23H23Cl2F6N3O4S/c1-20(2,37)9-34(10-5-4-6-10)19(36)18-33-15(17(35)32-3)16(39-18)11-7-8-12(14(25)13(11)24)21(38,22(26,27)28)23(29,30)31/h7-8,10,37-38H,4-6,9H2,1-3H3,(H,32,35). The average Bonchev–Trinajstić information content (AvgIpc) is 3.20. The van der Waals surface area contributed by atoms with E-state index in [-0.39, 0.29) is 33.7 Å². The maximum atomic E-state index is 13.4. The molecule has 2 aromatic rings. The van der Waals surface area contributed by atoms with Gasteiger partial charge in [0.1, 0.15) is 5.69 Å². The van der Waals surface area contributed by atoms with E-state index in [2.05, 4.69) is 10.3 Å². The lowest BCUT2D eigenvalue weighted by Crippen LogP contribution is -2.54. The third-order valence-electron chi connectivity index (χ3n) is 6.12. The molecule has 0 saturated heterocycles. The Morgan fingerprint density at radius 1 is 1.08 bits per heavy atom. The maximum Gasteiger partial charge on any atom is 0.430 e. The van der Waals surface area contributed by atoms with Crippen LogP contribution in [0.1, 0.15) is 59.0 Å². The quantitative estimate of drug-likeness (QED) is 0.352. The van der Waals surface area contributed by atoms with Gasteiger partial charge >= 0.3 is 12.4 Å². The lowest BCUT2D eigenvalue weighted by atomic mass is 9.90. The minimum absolute atomic E-state index is 0.0601. The van der Waals surface area contributed by atoms with Crippen LogP contribution in [0.5, 0.6) is 0 Å². The van der Waals surface area contributed by atoms with Gasteiger partial charge in [-0.3, -0.25) is 9.59 Å². The van der Waals surface area contributed by atoms with E-state index >= 15 is 0 Å². The summed E-state index contributed by atoms with van der Waals surface area (Å²) < 4.78 is 80.6. The van der Waals surface area contributed by atoms with Gasteiger partial charge < -0.3 is 20.4 Å². The molecule has 0 spiro atoms. The first kappa shape index (κ1) is 31.4. The van der Waals surface area contributed by atoms with Crippen molar-refractivity contribution in [2.45, 2.75) is 62.7 Å². The number of halogens is 8. The van der Waals surface area contributed by atoms with Crippen molar-refractivity contribution in [2.75, 3.05) is 13.6 Å². The van der Waals surface area contributed by atoms with Gasteiger partial charge in [0.15, 0.2) is 5.01 Å². The van der Waals surface area contributed by atoms with E-state index in [0.29, 0.717) is 30.2 Å². The second-order valence-electron chi connectivity index (χ2n) is 9.60. The number of amides is 2. The van der Waals surface area contributed by atoms with Crippen molar-refractivity contribution in [3.8, 4) is 10.4 Å². The van der Waals surface area contributed by atoms with Crippen LogP contribution in [0.15, 0.2) is 12.1 Å². The number of hydrogen-bond donors (Lipinski definition) is 3. The summed E-state index contributed by atoms with van der Waals surface area (Å²) in [6, 6.07) is 0.828. The highest BCUT2D eigenvalue weighted by Crippen LogP contribution is 2.54. The van der Waals surface area contributed by atoms with Crippen LogP contribution in [0, 0.1) is 0 Å². The molecule has 0 bridgehead atoms. The number of nitrogens with zero attached hydrogens (tertiary/aromatic N) is 2. The van der Waals surface area contributed by atoms with Crippen LogP contribution in [-0.2, 0) is 5.60 Å². The van der Waals surface area contributed by atoms with Gasteiger partial charge in [-0.25, -0.2) is 4.98 Å². The van der Waals surface area contributed by atoms with Crippen molar-refractivity contribution in [3.05, 3.63) is 38.4 Å². The van der Waals surface area contributed by atoms with Crippen LogP contribution in [0.3, 0.4) is 0 Å². The smallest absolute Gasteiger partial charge is 0.389 e. The fourth-order valence-corrected chi connectivity index (χ4v) is 5.61. The average molecular weight is 622 g/mol. The summed E-state index contributed by atoms with van der Waals surface area (Å²) in [5, 5.41) is 20.1. The number of carbonyl (C=O) groups is 2. The number of rotatable bonds is 7. The zero-order valence-electron chi connectivity index (χ0n) is 20.6. The Morgan fingerprint density at radius 2 is 1.64 bits per heavy atom. The Morgan fingerprint density at radius 3 is 2.08 bits per heavy atom. The Bertz CT molecular complexity index is 1260. The van der Waals surface area contributed by atoms with Crippen LogP contribution >= 0.6 is 34.5 Å². The van der Waals surface area contributed by atoms with Gasteiger partial charge in [-0.05, 0) is 33.1 Å². The summed E-state index contributed by atoms with van der Waals surface area (Å²) in [5.74, 6) is -1.46.